The van der Waals surface area contributed by atoms with Crippen LogP contribution in [0.1, 0.15) is 13.8 Å². The van der Waals surface area contributed by atoms with Crippen LogP contribution in [0.5, 0.6) is 0 Å². The predicted octanol–water partition coefficient (Wildman–Crippen LogP) is 0.964. The molecule has 0 aromatic rings. The van der Waals surface area contributed by atoms with Crippen LogP contribution in [0.4, 0.5) is 0 Å². The monoisotopic (exact) mass is 142 g/mol. The molecule has 58 valence electrons. The van der Waals surface area contributed by atoms with Crippen molar-refractivity contribution in [3.63, 3.8) is 0 Å². The summed E-state index contributed by atoms with van der Waals surface area (Å²) in [5.74, 6) is 0.0787. The van der Waals surface area contributed by atoms with Gasteiger partial charge in [-0.3, -0.25) is 4.79 Å². The third-order valence-electron chi connectivity index (χ3n) is 0.937. The first-order valence-electron chi connectivity index (χ1n) is 2.92. The van der Waals surface area contributed by atoms with Crippen molar-refractivity contribution < 1.29 is 4.79 Å². The molecule has 0 saturated carbocycles. The van der Waals surface area contributed by atoms with Gasteiger partial charge in [-0.1, -0.05) is 6.08 Å². The van der Waals surface area contributed by atoms with Crippen molar-refractivity contribution in [3.8, 4) is 0 Å². The van der Waals surface area contributed by atoms with Gasteiger partial charge in [0.1, 0.15) is 0 Å². The Morgan fingerprint density at radius 1 is 1.60 bits per heavy atom. The minimum Gasteiger partial charge on any atom is -0.386 e. The summed E-state index contributed by atoms with van der Waals surface area (Å²) in [4.78, 5) is 10.5. The number of hydrogen-bond acceptors (Lipinski definition) is 3. The smallest absolute Gasteiger partial charge is 0.175 e. The highest BCUT2D eigenvalue weighted by Crippen LogP contribution is 1.86. The van der Waals surface area contributed by atoms with E-state index in [9.17, 15) is 4.79 Å². The number of carbonyl (C=O) groups excluding carboxylic acids is 1. The third kappa shape index (κ3) is 5.03. The highest BCUT2D eigenvalue weighted by atomic mass is 16.1. The van der Waals surface area contributed by atoms with Gasteiger partial charge in [-0.05, 0) is 13.6 Å². The molecule has 0 aromatic carbocycles. The van der Waals surface area contributed by atoms with Crippen molar-refractivity contribution in [2.24, 2.45) is 0 Å². The van der Waals surface area contributed by atoms with Gasteiger partial charge in [0.25, 0.3) is 0 Å². The molecule has 2 N–H and O–H groups in total. The molecule has 10 heavy (non-hydrogen) atoms. The maximum Gasteiger partial charge on any atom is 0.175 e. The first-order valence-corrected chi connectivity index (χ1v) is 2.92. The van der Waals surface area contributed by atoms with Crippen LogP contribution in [0, 0.1) is 5.41 Å². The van der Waals surface area contributed by atoms with Gasteiger partial charge in [-0.25, -0.2) is 0 Å². The van der Waals surface area contributed by atoms with E-state index in [4.69, 9.17) is 5.41 Å². The summed E-state index contributed by atoms with van der Waals surface area (Å²) >= 11 is 0. The van der Waals surface area contributed by atoms with Gasteiger partial charge in [-0.2, -0.15) is 0 Å². The Hall–Kier alpha value is -1.12. The average molecular weight is 142 g/mol. The Bertz CT molecular complexity index is 130. The number of likely N-dealkylation sites (N-methyl/N-ethyl adjacent to an activating group) is 1. The molecule has 0 fully saturated rings. The van der Waals surface area contributed by atoms with Gasteiger partial charge in [-0.15, -0.1) is 0 Å². The van der Waals surface area contributed by atoms with Gasteiger partial charge in [0.15, 0.2) is 5.78 Å². The Morgan fingerprint density at radius 2 is 2.00 bits per heavy atom. The number of Topliss-reactive ketones (excluding diaryl/α,β-unsaturated/α-hetero) is 1. The lowest BCUT2D eigenvalue weighted by molar-refractivity contribution is -0.113. The number of nitrogens with one attached hydrogen (secondary N) is 2. The van der Waals surface area contributed by atoms with Crippen molar-refractivity contribution >= 4 is 12.5 Å². The van der Waals surface area contributed by atoms with Crippen molar-refractivity contribution in [2.75, 3.05) is 7.05 Å². The van der Waals surface area contributed by atoms with Gasteiger partial charge >= 0.3 is 0 Å². The summed E-state index contributed by atoms with van der Waals surface area (Å²) in [7, 11) is 1.73. The fourth-order valence-electron chi connectivity index (χ4n) is 0.524. The average Bonchev–Trinajstić information content (AvgIpc) is 1.94. The van der Waals surface area contributed by atoms with Crippen molar-refractivity contribution in [3.05, 3.63) is 11.8 Å². The predicted molar refractivity (Wildman–Crippen MR) is 43.3 cm³/mol. The third-order valence-corrected chi connectivity index (χ3v) is 0.937. The number of rotatable bonds is 2. The highest BCUT2D eigenvalue weighted by Gasteiger charge is 1.94. The second-order valence-corrected chi connectivity index (χ2v) is 1.51. The normalized spacial score (nSPS) is 9.30. The minimum absolute atomic E-state index is 0.0787. The first-order chi connectivity index (χ1) is 4.72. The molecule has 3 nitrogen and oxygen atoms in total. The van der Waals surface area contributed by atoms with Crippen LogP contribution in [0.25, 0.3) is 0 Å². The lowest BCUT2D eigenvalue weighted by Gasteiger charge is -1.97. The molecule has 0 spiro atoms. The molecule has 3 heteroatoms. The lowest BCUT2D eigenvalue weighted by Crippen LogP contribution is -2.12. The second-order valence-electron chi connectivity index (χ2n) is 1.51. The zero-order chi connectivity index (χ0) is 8.57. The fraction of sp³-hybridized carbons (Fsp3) is 0.429. The number of ketones is 1. The molecular formula is C7H14N2O. The molecule has 0 heterocycles. The molecular weight excluding hydrogens is 128 g/mol. The maximum absolute atomic E-state index is 10.5. The zero-order valence-corrected chi connectivity index (χ0v) is 6.69. The molecule has 0 radical (unpaired) electrons. The van der Waals surface area contributed by atoms with Gasteiger partial charge in [0.2, 0.25) is 0 Å². The minimum atomic E-state index is 0.0787. The van der Waals surface area contributed by atoms with E-state index < -0.39 is 0 Å². The van der Waals surface area contributed by atoms with E-state index in [0.29, 0.717) is 5.70 Å². The summed E-state index contributed by atoms with van der Waals surface area (Å²) in [6.07, 6.45) is 1.75. The largest absolute Gasteiger partial charge is 0.386 e. The quantitative estimate of drug-likeness (QED) is 0.445. The topological polar surface area (TPSA) is 53.0 Å². The number of allylic oxidation sites excluding steroid dienone is 2. The molecule has 0 aliphatic heterocycles. The molecule has 0 amide bonds. The summed E-state index contributed by atoms with van der Waals surface area (Å²) < 4.78 is 0. The summed E-state index contributed by atoms with van der Waals surface area (Å²) in [5, 5.41) is 8.26. The standard InChI is InChI=1S/C6H11NO.CH3N/c1-4-6(7-3)5(2)8;1-2/h4,7H,1-3H3;2H,1H2/b6-4-;. The van der Waals surface area contributed by atoms with E-state index in [-0.39, 0.29) is 5.78 Å². The van der Waals surface area contributed by atoms with Crippen LogP contribution >= 0.6 is 0 Å². The molecule has 0 aromatic heterocycles. The van der Waals surface area contributed by atoms with E-state index >= 15 is 0 Å². The maximum atomic E-state index is 10.5. The number of hydrogen-bond donors (Lipinski definition) is 2. The lowest BCUT2D eigenvalue weighted by atomic mass is 10.3. The van der Waals surface area contributed by atoms with Crippen molar-refractivity contribution in [2.45, 2.75) is 13.8 Å². The van der Waals surface area contributed by atoms with E-state index in [1.54, 1.807) is 13.1 Å². The van der Waals surface area contributed by atoms with Crippen LogP contribution in [0.2, 0.25) is 0 Å². The first kappa shape index (κ1) is 11.6. The fourth-order valence-corrected chi connectivity index (χ4v) is 0.524. The zero-order valence-electron chi connectivity index (χ0n) is 6.69. The Labute approximate surface area is 61.6 Å². The summed E-state index contributed by atoms with van der Waals surface area (Å²) in [6, 6.07) is 0. The summed E-state index contributed by atoms with van der Waals surface area (Å²) in [6.45, 7) is 5.86. The Morgan fingerprint density at radius 3 is 2.00 bits per heavy atom. The molecule has 0 bridgehead atoms. The van der Waals surface area contributed by atoms with Gasteiger partial charge < -0.3 is 10.7 Å². The Kier molecular flexibility index (Phi) is 9.18. The molecule has 0 rings (SSSR count). The summed E-state index contributed by atoms with van der Waals surface area (Å²) in [5.41, 5.74) is 0.671. The molecule has 0 unspecified atom stereocenters. The van der Waals surface area contributed by atoms with E-state index in [2.05, 4.69) is 12.0 Å². The van der Waals surface area contributed by atoms with Crippen LogP contribution in [-0.2, 0) is 4.79 Å². The molecule has 0 aliphatic carbocycles. The van der Waals surface area contributed by atoms with Gasteiger partial charge in [0.05, 0.1) is 5.70 Å². The van der Waals surface area contributed by atoms with Crippen molar-refractivity contribution in [1.29, 1.82) is 5.41 Å². The van der Waals surface area contributed by atoms with Crippen LogP contribution in [0.3, 0.4) is 0 Å². The highest BCUT2D eigenvalue weighted by molar-refractivity contribution is 5.92. The van der Waals surface area contributed by atoms with E-state index in [0.717, 1.165) is 0 Å². The van der Waals surface area contributed by atoms with Crippen LogP contribution in [0.15, 0.2) is 11.8 Å². The molecule has 0 aliphatic rings. The van der Waals surface area contributed by atoms with Crippen LogP contribution < -0.4 is 5.32 Å². The molecule has 0 atom stereocenters. The molecule has 0 saturated heterocycles. The SMILES string of the molecule is C/C=C(\NC)C(C)=O.C=N. The second kappa shape index (κ2) is 7.88. The van der Waals surface area contributed by atoms with E-state index in [1.807, 2.05) is 6.92 Å². The number of carbonyl (C=O) groups is 1. The van der Waals surface area contributed by atoms with E-state index in [1.165, 1.54) is 6.92 Å². The van der Waals surface area contributed by atoms with Crippen molar-refractivity contribution in [1.82, 2.24) is 5.32 Å². The van der Waals surface area contributed by atoms with Crippen LogP contribution in [-0.4, -0.2) is 19.5 Å². The Balaban J connectivity index is 0. The van der Waals surface area contributed by atoms with Gasteiger partial charge in [0, 0.05) is 14.0 Å².